The summed E-state index contributed by atoms with van der Waals surface area (Å²) in [6.45, 7) is 14.1. The quantitative estimate of drug-likeness (QED) is 0.689. The fraction of sp³-hybridized carbons (Fsp3) is 0.786. The zero-order valence-electron chi connectivity index (χ0n) is 12.4. The van der Waals surface area contributed by atoms with E-state index in [1.807, 2.05) is 33.8 Å². The van der Waals surface area contributed by atoms with E-state index >= 15 is 0 Å². The molecule has 0 aliphatic carbocycles. The van der Waals surface area contributed by atoms with E-state index in [0.717, 1.165) is 19.4 Å². The smallest absolute Gasteiger partial charge is 0.407 e. The summed E-state index contributed by atoms with van der Waals surface area (Å²) in [4.78, 5) is 11.5. The Kier molecular flexibility index (Phi) is 7.67. The standard InChI is InChI=1S/C14H28N2O2/c1-7-8-9-11(2)15-10-12(3)16-13(17)18-14(4,5)6/h7,11-12,15H,1,8-10H2,2-6H3,(H,16,17). The van der Waals surface area contributed by atoms with E-state index in [0.29, 0.717) is 6.04 Å². The first kappa shape index (κ1) is 17.0. The van der Waals surface area contributed by atoms with Crippen molar-refractivity contribution in [3.8, 4) is 0 Å². The van der Waals surface area contributed by atoms with Gasteiger partial charge in [-0.25, -0.2) is 4.79 Å². The molecular formula is C14H28N2O2. The first-order valence-corrected chi connectivity index (χ1v) is 6.58. The van der Waals surface area contributed by atoms with Gasteiger partial charge < -0.3 is 15.4 Å². The number of amides is 1. The van der Waals surface area contributed by atoms with Crippen LogP contribution in [0.3, 0.4) is 0 Å². The van der Waals surface area contributed by atoms with Crippen molar-refractivity contribution in [2.24, 2.45) is 0 Å². The van der Waals surface area contributed by atoms with Gasteiger partial charge >= 0.3 is 6.09 Å². The average molecular weight is 256 g/mol. The van der Waals surface area contributed by atoms with Crippen LogP contribution >= 0.6 is 0 Å². The summed E-state index contributed by atoms with van der Waals surface area (Å²) in [7, 11) is 0. The Morgan fingerprint density at radius 2 is 1.94 bits per heavy atom. The van der Waals surface area contributed by atoms with Gasteiger partial charge in [-0.1, -0.05) is 6.08 Å². The second-order valence-corrected chi connectivity index (χ2v) is 5.72. The van der Waals surface area contributed by atoms with Crippen molar-refractivity contribution in [3.63, 3.8) is 0 Å². The number of hydrogen-bond acceptors (Lipinski definition) is 3. The van der Waals surface area contributed by atoms with Gasteiger partial charge in [0.2, 0.25) is 0 Å². The van der Waals surface area contributed by atoms with Crippen LogP contribution in [0, 0.1) is 0 Å². The van der Waals surface area contributed by atoms with Gasteiger partial charge in [-0.05, 0) is 47.5 Å². The summed E-state index contributed by atoms with van der Waals surface area (Å²) >= 11 is 0. The molecule has 0 aromatic rings. The average Bonchev–Trinajstić information content (AvgIpc) is 2.20. The Morgan fingerprint density at radius 1 is 1.33 bits per heavy atom. The molecule has 18 heavy (non-hydrogen) atoms. The molecular weight excluding hydrogens is 228 g/mol. The maximum Gasteiger partial charge on any atom is 0.407 e. The van der Waals surface area contributed by atoms with Crippen LogP contribution in [-0.4, -0.2) is 30.3 Å². The Bertz CT molecular complexity index is 259. The first-order chi connectivity index (χ1) is 8.24. The number of rotatable bonds is 7. The van der Waals surface area contributed by atoms with Gasteiger partial charge in [-0.15, -0.1) is 6.58 Å². The molecule has 0 rings (SSSR count). The molecule has 106 valence electrons. The molecule has 0 aromatic heterocycles. The summed E-state index contributed by atoms with van der Waals surface area (Å²) in [5.41, 5.74) is -0.450. The van der Waals surface area contributed by atoms with E-state index in [-0.39, 0.29) is 12.1 Å². The first-order valence-electron chi connectivity index (χ1n) is 6.58. The molecule has 0 bridgehead atoms. The van der Waals surface area contributed by atoms with Crippen molar-refractivity contribution in [3.05, 3.63) is 12.7 Å². The zero-order valence-corrected chi connectivity index (χ0v) is 12.4. The van der Waals surface area contributed by atoms with Gasteiger partial charge in [-0.3, -0.25) is 0 Å². The van der Waals surface area contributed by atoms with E-state index in [4.69, 9.17) is 4.74 Å². The van der Waals surface area contributed by atoms with Crippen molar-refractivity contribution in [1.29, 1.82) is 0 Å². The van der Waals surface area contributed by atoms with E-state index in [9.17, 15) is 4.79 Å². The van der Waals surface area contributed by atoms with E-state index in [1.165, 1.54) is 0 Å². The topological polar surface area (TPSA) is 50.4 Å². The maximum absolute atomic E-state index is 11.5. The van der Waals surface area contributed by atoms with E-state index < -0.39 is 5.60 Å². The predicted molar refractivity (Wildman–Crippen MR) is 75.7 cm³/mol. The predicted octanol–water partition coefficient (Wildman–Crippen LogP) is 2.84. The second-order valence-electron chi connectivity index (χ2n) is 5.72. The molecule has 0 spiro atoms. The van der Waals surface area contributed by atoms with Gasteiger partial charge in [0, 0.05) is 18.6 Å². The highest BCUT2D eigenvalue weighted by molar-refractivity contribution is 5.68. The highest BCUT2D eigenvalue weighted by atomic mass is 16.6. The van der Waals surface area contributed by atoms with Crippen LogP contribution < -0.4 is 10.6 Å². The lowest BCUT2D eigenvalue weighted by Gasteiger charge is -2.23. The fourth-order valence-corrected chi connectivity index (χ4v) is 1.41. The van der Waals surface area contributed by atoms with E-state index in [1.54, 1.807) is 0 Å². The molecule has 0 aliphatic heterocycles. The summed E-state index contributed by atoms with van der Waals surface area (Å²) in [6, 6.07) is 0.469. The second kappa shape index (κ2) is 8.14. The van der Waals surface area contributed by atoms with Gasteiger partial charge in [0.1, 0.15) is 5.60 Å². The molecule has 4 nitrogen and oxygen atoms in total. The lowest BCUT2D eigenvalue weighted by molar-refractivity contribution is 0.0507. The van der Waals surface area contributed by atoms with Crippen LogP contribution in [0.5, 0.6) is 0 Å². The minimum absolute atomic E-state index is 0.0473. The minimum atomic E-state index is -0.450. The third kappa shape index (κ3) is 10.1. The molecule has 2 atom stereocenters. The maximum atomic E-state index is 11.5. The van der Waals surface area contributed by atoms with Crippen LogP contribution in [0.25, 0.3) is 0 Å². The number of carbonyl (C=O) groups excluding carboxylic acids is 1. The van der Waals surface area contributed by atoms with Gasteiger partial charge in [-0.2, -0.15) is 0 Å². The number of hydrogen-bond donors (Lipinski definition) is 2. The van der Waals surface area contributed by atoms with E-state index in [2.05, 4.69) is 24.1 Å². The molecule has 1 amide bonds. The third-order valence-corrected chi connectivity index (χ3v) is 2.34. The molecule has 0 saturated carbocycles. The molecule has 0 fully saturated rings. The normalized spacial score (nSPS) is 14.7. The van der Waals surface area contributed by atoms with Crippen LogP contribution in [0.15, 0.2) is 12.7 Å². The van der Waals surface area contributed by atoms with Gasteiger partial charge in [0.15, 0.2) is 0 Å². The van der Waals surface area contributed by atoms with Gasteiger partial charge in [0.05, 0.1) is 0 Å². The Balaban J connectivity index is 3.79. The Morgan fingerprint density at radius 3 is 2.44 bits per heavy atom. The van der Waals surface area contributed by atoms with Crippen molar-refractivity contribution in [1.82, 2.24) is 10.6 Å². The van der Waals surface area contributed by atoms with Crippen molar-refractivity contribution >= 4 is 6.09 Å². The van der Waals surface area contributed by atoms with Crippen molar-refractivity contribution < 1.29 is 9.53 Å². The minimum Gasteiger partial charge on any atom is -0.444 e. The monoisotopic (exact) mass is 256 g/mol. The summed E-state index contributed by atoms with van der Waals surface area (Å²) < 4.78 is 5.19. The largest absolute Gasteiger partial charge is 0.444 e. The highest BCUT2D eigenvalue weighted by Gasteiger charge is 2.17. The van der Waals surface area contributed by atoms with Gasteiger partial charge in [0.25, 0.3) is 0 Å². The fourth-order valence-electron chi connectivity index (χ4n) is 1.41. The summed E-state index contributed by atoms with van der Waals surface area (Å²) in [6.07, 6.45) is 3.61. The SMILES string of the molecule is C=CCCC(C)NCC(C)NC(=O)OC(C)(C)C. The third-order valence-electron chi connectivity index (χ3n) is 2.34. The van der Waals surface area contributed by atoms with Crippen LogP contribution in [0.2, 0.25) is 0 Å². The molecule has 0 saturated heterocycles. The number of alkyl carbamates (subject to hydrolysis) is 1. The molecule has 0 heterocycles. The Labute approximate surface area is 111 Å². The van der Waals surface area contributed by atoms with Crippen LogP contribution in [0.4, 0.5) is 4.79 Å². The van der Waals surface area contributed by atoms with Crippen molar-refractivity contribution in [2.75, 3.05) is 6.54 Å². The zero-order chi connectivity index (χ0) is 14.2. The number of ether oxygens (including phenoxy) is 1. The van der Waals surface area contributed by atoms with Crippen LogP contribution in [-0.2, 0) is 4.74 Å². The molecule has 0 radical (unpaired) electrons. The van der Waals surface area contributed by atoms with Crippen molar-refractivity contribution in [2.45, 2.75) is 65.1 Å². The van der Waals surface area contributed by atoms with Crippen LogP contribution in [0.1, 0.15) is 47.5 Å². The lowest BCUT2D eigenvalue weighted by atomic mass is 10.2. The number of allylic oxidation sites excluding steroid dienone is 1. The summed E-state index contributed by atoms with van der Waals surface area (Å²) in [5.74, 6) is 0. The Hall–Kier alpha value is -1.03. The lowest BCUT2D eigenvalue weighted by Crippen LogP contribution is -2.44. The molecule has 4 heteroatoms. The molecule has 2 N–H and O–H groups in total. The molecule has 0 aliphatic rings. The number of carbonyl (C=O) groups is 1. The highest BCUT2D eigenvalue weighted by Crippen LogP contribution is 2.06. The summed E-state index contributed by atoms with van der Waals surface area (Å²) in [5, 5.41) is 6.17. The molecule has 2 unspecified atom stereocenters. The number of nitrogens with one attached hydrogen (secondary N) is 2. The molecule has 0 aromatic carbocycles.